The monoisotopic (exact) mass is 340 g/mol. The molecule has 0 aliphatic rings. The van der Waals surface area contributed by atoms with Crippen LogP contribution in [-0.4, -0.2) is 25.5 Å². The van der Waals surface area contributed by atoms with Gasteiger partial charge in [0.05, 0.1) is 10.5 Å². The number of nitro groups is 1. The quantitative estimate of drug-likeness (QED) is 0.411. The van der Waals surface area contributed by atoms with Crippen LogP contribution in [-0.2, 0) is 4.74 Å². The molecule has 8 nitrogen and oxygen atoms in total. The number of pyridine rings is 1. The SMILES string of the molecule is Cc1ccc([C@@H](C)OC(=O)c2ccc3nnc(C)n3c2)cc1[N+](=O)[O-]. The van der Waals surface area contributed by atoms with Crippen molar-refractivity contribution in [3.63, 3.8) is 0 Å². The summed E-state index contributed by atoms with van der Waals surface area (Å²) in [5.74, 6) is 0.137. The van der Waals surface area contributed by atoms with Gasteiger partial charge >= 0.3 is 5.97 Å². The third-order valence-electron chi connectivity index (χ3n) is 3.99. The minimum absolute atomic E-state index is 0.00179. The summed E-state index contributed by atoms with van der Waals surface area (Å²) in [6.45, 7) is 5.12. The Bertz CT molecular complexity index is 980. The number of ether oxygens (including phenoxy) is 1. The first-order chi connectivity index (χ1) is 11.9. The second-order valence-electron chi connectivity index (χ2n) is 5.74. The van der Waals surface area contributed by atoms with Crippen molar-refractivity contribution in [2.75, 3.05) is 0 Å². The molecule has 0 saturated carbocycles. The molecule has 25 heavy (non-hydrogen) atoms. The van der Waals surface area contributed by atoms with E-state index in [-0.39, 0.29) is 5.69 Å². The number of esters is 1. The van der Waals surface area contributed by atoms with Crippen molar-refractivity contribution in [3.05, 3.63) is 69.2 Å². The molecule has 0 radical (unpaired) electrons. The van der Waals surface area contributed by atoms with Crippen molar-refractivity contribution >= 4 is 17.3 Å². The Hall–Kier alpha value is -3.29. The molecule has 0 spiro atoms. The van der Waals surface area contributed by atoms with E-state index in [1.807, 2.05) is 0 Å². The van der Waals surface area contributed by atoms with Gasteiger partial charge in [-0.1, -0.05) is 12.1 Å². The molecule has 3 aromatic rings. The first-order valence-electron chi connectivity index (χ1n) is 7.64. The molecule has 0 aliphatic carbocycles. The number of aromatic nitrogens is 3. The molecular formula is C17H16N4O4. The summed E-state index contributed by atoms with van der Waals surface area (Å²) in [6.07, 6.45) is 0.988. The number of fused-ring (bicyclic) bond motifs is 1. The molecule has 0 saturated heterocycles. The van der Waals surface area contributed by atoms with Crippen LogP contribution in [0.3, 0.4) is 0 Å². The van der Waals surface area contributed by atoms with Gasteiger partial charge in [0.2, 0.25) is 0 Å². The Morgan fingerprint density at radius 3 is 2.72 bits per heavy atom. The van der Waals surface area contributed by atoms with Crippen LogP contribution in [0.15, 0.2) is 36.5 Å². The third-order valence-corrected chi connectivity index (χ3v) is 3.99. The van der Waals surface area contributed by atoms with Crippen molar-refractivity contribution in [3.8, 4) is 0 Å². The highest BCUT2D eigenvalue weighted by Gasteiger charge is 2.18. The highest BCUT2D eigenvalue weighted by atomic mass is 16.6. The molecule has 0 N–H and O–H groups in total. The molecule has 0 bridgehead atoms. The van der Waals surface area contributed by atoms with E-state index in [9.17, 15) is 14.9 Å². The number of carbonyl (C=O) groups is 1. The Morgan fingerprint density at radius 2 is 2.00 bits per heavy atom. The van der Waals surface area contributed by atoms with Gasteiger partial charge in [-0.25, -0.2) is 4.79 Å². The molecule has 2 aromatic heterocycles. The van der Waals surface area contributed by atoms with E-state index in [1.165, 1.54) is 6.07 Å². The van der Waals surface area contributed by atoms with Crippen LogP contribution in [0.4, 0.5) is 5.69 Å². The number of carbonyl (C=O) groups excluding carboxylic acids is 1. The lowest BCUT2D eigenvalue weighted by molar-refractivity contribution is -0.385. The molecule has 0 fully saturated rings. The zero-order chi connectivity index (χ0) is 18.1. The minimum Gasteiger partial charge on any atom is -0.454 e. The predicted octanol–water partition coefficient (Wildman–Crippen LogP) is 3.17. The highest BCUT2D eigenvalue weighted by molar-refractivity contribution is 5.89. The molecule has 0 aliphatic heterocycles. The summed E-state index contributed by atoms with van der Waals surface area (Å²) < 4.78 is 7.14. The molecule has 3 rings (SSSR count). The number of rotatable bonds is 4. The summed E-state index contributed by atoms with van der Waals surface area (Å²) in [7, 11) is 0. The summed E-state index contributed by atoms with van der Waals surface area (Å²) >= 11 is 0. The number of nitro benzene ring substituents is 1. The Morgan fingerprint density at radius 1 is 1.24 bits per heavy atom. The van der Waals surface area contributed by atoms with E-state index in [2.05, 4.69) is 10.2 Å². The van der Waals surface area contributed by atoms with Gasteiger partial charge in [-0.2, -0.15) is 0 Å². The van der Waals surface area contributed by atoms with Gasteiger partial charge < -0.3 is 4.74 Å². The molecule has 0 amide bonds. The van der Waals surface area contributed by atoms with E-state index in [4.69, 9.17) is 4.74 Å². The van der Waals surface area contributed by atoms with Gasteiger partial charge in [-0.15, -0.1) is 10.2 Å². The Balaban J connectivity index is 1.83. The van der Waals surface area contributed by atoms with E-state index >= 15 is 0 Å². The molecule has 8 heteroatoms. The second kappa shape index (κ2) is 6.31. The summed E-state index contributed by atoms with van der Waals surface area (Å²) in [6, 6.07) is 8.08. The first kappa shape index (κ1) is 16.6. The van der Waals surface area contributed by atoms with Crippen LogP contribution in [0.5, 0.6) is 0 Å². The average molecular weight is 340 g/mol. The van der Waals surface area contributed by atoms with Crippen molar-refractivity contribution in [1.29, 1.82) is 0 Å². The van der Waals surface area contributed by atoms with E-state index in [0.29, 0.717) is 28.2 Å². The Labute approximate surface area is 143 Å². The Kier molecular flexibility index (Phi) is 4.18. The largest absolute Gasteiger partial charge is 0.454 e. The van der Waals surface area contributed by atoms with Crippen LogP contribution in [0, 0.1) is 24.0 Å². The molecule has 1 atom stereocenters. The van der Waals surface area contributed by atoms with Crippen LogP contribution >= 0.6 is 0 Å². The highest BCUT2D eigenvalue weighted by Crippen LogP contribution is 2.25. The van der Waals surface area contributed by atoms with Gasteiger partial charge in [0.15, 0.2) is 5.65 Å². The number of hydrogen-bond acceptors (Lipinski definition) is 6. The molecule has 0 unspecified atom stereocenters. The predicted molar refractivity (Wildman–Crippen MR) is 89.4 cm³/mol. The second-order valence-corrected chi connectivity index (χ2v) is 5.74. The van der Waals surface area contributed by atoms with E-state index in [0.717, 1.165) is 0 Å². The summed E-state index contributed by atoms with van der Waals surface area (Å²) in [4.78, 5) is 23.0. The molecular weight excluding hydrogens is 324 g/mol. The standard InChI is InChI=1S/C17H16N4O4/c1-10-4-5-13(8-15(10)21(23)24)11(2)25-17(22)14-6-7-16-19-18-12(3)20(16)9-14/h4-9,11H,1-3H3/t11-/m1/s1. The van der Waals surface area contributed by atoms with Gasteiger partial charge in [0.1, 0.15) is 11.9 Å². The lowest BCUT2D eigenvalue weighted by atomic mass is 10.1. The normalized spacial score (nSPS) is 12.1. The zero-order valence-corrected chi connectivity index (χ0v) is 14.0. The van der Waals surface area contributed by atoms with Crippen molar-refractivity contribution in [2.24, 2.45) is 0 Å². The number of hydrogen-bond donors (Lipinski definition) is 0. The zero-order valence-electron chi connectivity index (χ0n) is 14.0. The summed E-state index contributed by atoms with van der Waals surface area (Å²) in [5.41, 5.74) is 2.11. The number of nitrogens with zero attached hydrogens (tertiary/aromatic N) is 4. The van der Waals surface area contributed by atoms with E-state index < -0.39 is 17.0 Å². The fraction of sp³-hybridized carbons (Fsp3) is 0.235. The molecule has 128 valence electrons. The van der Waals surface area contributed by atoms with Gasteiger partial charge in [-0.3, -0.25) is 14.5 Å². The maximum Gasteiger partial charge on any atom is 0.340 e. The average Bonchev–Trinajstić information content (AvgIpc) is 2.95. The fourth-order valence-corrected chi connectivity index (χ4v) is 2.50. The first-order valence-corrected chi connectivity index (χ1v) is 7.64. The minimum atomic E-state index is -0.621. The van der Waals surface area contributed by atoms with Crippen LogP contribution in [0.25, 0.3) is 5.65 Å². The van der Waals surface area contributed by atoms with Crippen molar-refractivity contribution in [2.45, 2.75) is 26.9 Å². The van der Waals surface area contributed by atoms with Gasteiger partial charge in [0, 0.05) is 17.8 Å². The molecule has 2 heterocycles. The topological polar surface area (TPSA) is 99.6 Å². The fourth-order valence-electron chi connectivity index (χ4n) is 2.50. The maximum absolute atomic E-state index is 12.4. The number of benzene rings is 1. The third kappa shape index (κ3) is 3.18. The van der Waals surface area contributed by atoms with E-state index in [1.54, 1.807) is 55.6 Å². The van der Waals surface area contributed by atoms with Crippen molar-refractivity contribution < 1.29 is 14.5 Å². The smallest absolute Gasteiger partial charge is 0.340 e. The lowest BCUT2D eigenvalue weighted by Gasteiger charge is -2.14. The molecule has 1 aromatic carbocycles. The van der Waals surface area contributed by atoms with Gasteiger partial charge in [0.25, 0.3) is 5.69 Å². The number of aryl methyl sites for hydroxylation is 2. The van der Waals surface area contributed by atoms with Crippen LogP contribution < -0.4 is 0 Å². The van der Waals surface area contributed by atoms with Crippen LogP contribution in [0.1, 0.15) is 40.3 Å². The van der Waals surface area contributed by atoms with Crippen molar-refractivity contribution in [1.82, 2.24) is 14.6 Å². The maximum atomic E-state index is 12.4. The van der Waals surface area contributed by atoms with Crippen LogP contribution in [0.2, 0.25) is 0 Å². The lowest BCUT2D eigenvalue weighted by Crippen LogP contribution is -2.10. The summed E-state index contributed by atoms with van der Waals surface area (Å²) in [5, 5.41) is 18.9. The van der Waals surface area contributed by atoms with Gasteiger partial charge in [-0.05, 0) is 38.5 Å².